The first kappa shape index (κ1) is 15.5. The normalized spacial score (nSPS) is 11.5. The van der Waals surface area contributed by atoms with Crippen molar-refractivity contribution < 1.29 is 9.53 Å². The summed E-state index contributed by atoms with van der Waals surface area (Å²) < 4.78 is 5.25. The summed E-state index contributed by atoms with van der Waals surface area (Å²) in [7, 11) is 5.56. The number of carbonyl (C=O) groups excluding carboxylic acids is 1. The summed E-state index contributed by atoms with van der Waals surface area (Å²) in [5, 5.41) is 2.81. The molecule has 5 heteroatoms. The number of nitrogens with zero attached hydrogens (tertiary/aromatic N) is 1. The fourth-order valence-corrected chi connectivity index (χ4v) is 1.60. The Balaban J connectivity index is 2.99. The number of nitrogens with one attached hydrogen (secondary N) is 1. The van der Waals surface area contributed by atoms with Crippen LogP contribution in [0.2, 0.25) is 0 Å². The highest BCUT2D eigenvalue weighted by molar-refractivity contribution is 5.98. The van der Waals surface area contributed by atoms with Crippen molar-refractivity contribution in [1.29, 1.82) is 0 Å². The van der Waals surface area contributed by atoms with E-state index < -0.39 is 5.54 Å². The molecule has 3 N–H and O–H groups in total. The van der Waals surface area contributed by atoms with E-state index in [4.69, 9.17) is 10.5 Å². The van der Waals surface area contributed by atoms with E-state index in [2.05, 4.69) is 10.2 Å². The molecule has 0 aliphatic rings. The molecule has 0 unspecified atom stereocenters. The Bertz CT molecular complexity index is 450. The van der Waals surface area contributed by atoms with E-state index in [-0.39, 0.29) is 5.91 Å². The van der Waals surface area contributed by atoms with Gasteiger partial charge in [-0.2, -0.15) is 0 Å². The van der Waals surface area contributed by atoms with Crippen molar-refractivity contribution >= 4 is 11.6 Å². The third-order valence-corrected chi connectivity index (χ3v) is 2.60. The van der Waals surface area contributed by atoms with Gasteiger partial charge in [0, 0.05) is 6.54 Å². The summed E-state index contributed by atoms with van der Waals surface area (Å²) in [5.41, 5.74) is 6.59. The van der Waals surface area contributed by atoms with Crippen molar-refractivity contribution in [3.8, 4) is 5.75 Å². The number of hydrogen-bond donors (Lipinski definition) is 2. The van der Waals surface area contributed by atoms with Gasteiger partial charge in [-0.15, -0.1) is 0 Å². The smallest absolute Gasteiger partial charge is 0.243 e. The van der Waals surface area contributed by atoms with E-state index in [9.17, 15) is 4.79 Å². The number of nitrogens with two attached hydrogens (primary N) is 1. The number of rotatable bonds is 5. The van der Waals surface area contributed by atoms with E-state index in [1.165, 1.54) is 0 Å². The van der Waals surface area contributed by atoms with Crippen molar-refractivity contribution in [3.05, 3.63) is 23.8 Å². The van der Waals surface area contributed by atoms with Crippen LogP contribution in [0.1, 0.15) is 19.4 Å². The van der Waals surface area contributed by atoms with Crippen LogP contribution in [0.4, 0.5) is 5.69 Å². The minimum Gasteiger partial charge on any atom is -0.495 e. The van der Waals surface area contributed by atoms with Crippen LogP contribution in [0.15, 0.2) is 18.2 Å². The molecule has 19 heavy (non-hydrogen) atoms. The second-order valence-electron chi connectivity index (χ2n) is 5.45. The first-order valence-electron chi connectivity index (χ1n) is 6.16. The lowest BCUT2D eigenvalue weighted by Crippen LogP contribution is -2.45. The Kier molecular flexibility index (Phi) is 4.91. The lowest BCUT2D eigenvalue weighted by molar-refractivity contribution is -0.120. The average Bonchev–Trinajstić information content (AvgIpc) is 2.27. The number of carbonyl (C=O) groups is 1. The standard InChI is InChI=1S/C14H23N3O2/c1-14(2,15)13(18)16-11-8-10(9-17(3)4)6-7-12(11)19-5/h6-8H,9,15H2,1-5H3,(H,16,18). The summed E-state index contributed by atoms with van der Waals surface area (Å²) in [6.45, 7) is 4.12. The van der Waals surface area contributed by atoms with Gasteiger partial charge in [-0.1, -0.05) is 6.07 Å². The lowest BCUT2D eigenvalue weighted by Gasteiger charge is -2.20. The van der Waals surface area contributed by atoms with Crippen LogP contribution >= 0.6 is 0 Å². The van der Waals surface area contributed by atoms with Crippen LogP contribution in [0, 0.1) is 0 Å². The average molecular weight is 265 g/mol. The van der Waals surface area contributed by atoms with Crippen LogP contribution in [0.25, 0.3) is 0 Å². The zero-order chi connectivity index (χ0) is 14.6. The summed E-state index contributed by atoms with van der Waals surface area (Å²) in [5.74, 6) is 0.382. The molecule has 1 aromatic carbocycles. The van der Waals surface area contributed by atoms with Gasteiger partial charge in [0.1, 0.15) is 5.75 Å². The van der Waals surface area contributed by atoms with E-state index in [1.807, 2.05) is 32.3 Å². The summed E-state index contributed by atoms with van der Waals surface area (Å²) in [6.07, 6.45) is 0. The second kappa shape index (κ2) is 6.04. The van der Waals surface area contributed by atoms with E-state index in [0.29, 0.717) is 11.4 Å². The highest BCUT2D eigenvalue weighted by Crippen LogP contribution is 2.26. The molecule has 0 atom stereocenters. The van der Waals surface area contributed by atoms with Gasteiger partial charge in [0.2, 0.25) is 5.91 Å². The maximum absolute atomic E-state index is 11.9. The first-order chi connectivity index (χ1) is 8.74. The Morgan fingerprint density at radius 2 is 2.05 bits per heavy atom. The van der Waals surface area contributed by atoms with Gasteiger partial charge >= 0.3 is 0 Å². The molecule has 0 radical (unpaired) electrons. The van der Waals surface area contributed by atoms with Crippen molar-refractivity contribution in [2.24, 2.45) is 5.73 Å². The molecule has 1 amide bonds. The van der Waals surface area contributed by atoms with Gasteiger partial charge < -0.3 is 20.7 Å². The molecule has 0 aromatic heterocycles. The summed E-state index contributed by atoms with van der Waals surface area (Å²) >= 11 is 0. The topological polar surface area (TPSA) is 67.6 Å². The predicted molar refractivity (Wildman–Crippen MR) is 77.3 cm³/mol. The van der Waals surface area contributed by atoms with Crippen LogP contribution in [0.5, 0.6) is 5.75 Å². The summed E-state index contributed by atoms with van der Waals surface area (Å²) in [6, 6.07) is 5.72. The quantitative estimate of drug-likeness (QED) is 0.845. The number of anilines is 1. The number of methoxy groups -OCH3 is 1. The highest BCUT2D eigenvalue weighted by atomic mass is 16.5. The number of hydrogen-bond acceptors (Lipinski definition) is 4. The van der Waals surface area contributed by atoms with E-state index in [1.54, 1.807) is 21.0 Å². The molecule has 5 nitrogen and oxygen atoms in total. The number of benzene rings is 1. The Morgan fingerprint density at radius 1 is 1.42 bits per heavy atom. The Labute approximate surface area is 114 Å². The van der Waals surface area contributed by atoms with Gasteiger partial charge in [0.25, 0.3) is 0 Å². The molecular weight excluding hydrogens is 242 g/mol. The Morgan fingerprint density at radius 3 is 2.53 bits per heavy atom. The zero-order valence-electron chi connectivity index (χ0n) is 12.3. The third-order valence-electron chi connectivity index (χ3n) is 2.60. The van der Waals surface area contributed by atoms with Crippen LogP contribution in [-0.4, -0.2) is 37.6 Å². The first-order valence-corrected chi connectivity index (χ1v) is 6.16. The van der Waals surface area contributed by atoms with Crippen molar-refractivity contribution in [2.45, 2.75) is 25.9 Å². The second-order valence-corrected chi connectivity index (χ2v) is 5.45. The molecule has 0 bridgehead atoms. The molecule has 0 saturated heterocycles. The molecule has 1 rings (SSSR count). The molecule has 0 spiro atoms. The fraction of sp³-hybridized carbons (Fsp3) is 0.500. The molecule has 0 heterocycles. The van der Waals surface area contributed by atoms with E-state index >= 15 is 0 Å². The number of amides is 1. The molecule has 0 fully saturated rings. The van der Waals surface area contributed by atoms with Crippen LogP contribution < -0.4 is 15.8 Å². The Hall–Kier alpha value is -1.59. The van der Waals surface area contributed by atoms with Gasteiger partial charge in [0.15, 0.2) is 0 Å². The maximum Gasteiger partial charge on any atom is 0.243 e. The minimum atomic E-state index is -0.928. The van der Waals surface area contributed by atoms with Crippen LogP contribution in [0.3, 0.4) is 0 Å². The lowest BCUT2D eigenvalue weighted by atomic mass is 10.1. The third kappa shape index (κ3) is 4.54. The molecular formula is C14H23N3O2. The summed E-state index contributed by atoms with van der Waals surface area (Å²) in [4.78, 5) is 14.0. The van der Waals surface area contributed by atoms with Crippen molar-refractivity contribution in [2.75, 3.05) is 26.5 Å². The molecule has 106 valence electrons. The SMILES string of the molecule is COc1ccc(CN(C)C)cc1NC(=O)C(C)(C)N. The molecule has 0 aliphatic carbocycles. The maximum atomic E-state index is 11.9. The van der Waals surface area contributed by atoms with Gasteiger partial charge in [-0.25, -0.2) is 0 Å². The largest absolute Gasteiger partial charge is 0.495 e. The number of ether oxygens (including phenoxy) is 1. The van der Waals surface area contributed by atoms with Crippen LogP contribution in [-0.2, 0) is 11.3 Å². The molecule has 0 aliphatic heterocycles. The van der Waals surface area contributed by atoms with Gasteiger partial charge in [-0.05, 0) is 45.6 Å². The van der Waals surface area contributed by atoms with Gasteiger partial charge in [-0.3, -0.25) is 4.79 Å². The van der Waals surface area contributed by atoms with Gasteiger partial charge in [0.05, 0.1) is 18.3 Å². The van der Waals surface area contributed by atoms with E-state index in [0.717, 1.165) is 12.1 Å². The van der Waals surface area contributed by atoms with Crippen molar-refractivity contribution in [3.63, 3.8) is 0 Å². The minimum absolute atomic E-state index is 0.243. The monoisotopic (exact) mass is 265 g/mol. The zero-order valence-corrected chi connectivity index (χ0v) is 12.3. The molecule has 0 saturated carbocycles. The predicted octanol–water partition coefficient (Wildman–Crippen LogP) is 1.43. The fourth-order valence-electron chi connectivity index (χ4n) is 1.60. The molecule has 1 aromatic rings. The van der Waals surface area contributed by atoms with Crippen molar-refractivity contribution in [1.82, 2.24) is 4.90 Å². The highest BCUT2D eigenvalue weighted by Gasteiger charge is 2.23.